The molecule has 1 aromatic carbocycles. The van der Waals surface area contributed by atoms with Gasteiger partial charge in [-0.2, -0.15) is 13.2 Å². The van der Waals surface area contributed by atoms with Crippen LogP contribution in [-0.2, 0) is 19.1 Å². The Balaban J connectivity index is 1.83. The molecule has 3 rings (SSSR count). The molecule has 1 heterocycles. The van der Waals surface area contributed by atoms with Crippen LogP contribution in [0.3, 0.4) is 0 Å². The van der Waals surface area contributed by atoms with Crippen molar-refractivity contribution in [2.75, 3.05) is 43.1 Å². The highest BCUT2D eigenvalue weighted by atomic mass is 19.4. The number of nitrogens with two attached hydrogens (primary N) is 1. The van der Waals surface area contributed by atoms with Crippen LogP contribution in [0, 0.1) is 5.92 Å². The summed E-state index contributed by atoms with van der Waals surface area (Å²) in [5.74, 6) is -3.06. The predicted octanol–water partition coefficient (Wildman–Crippen LogP) is 2.05. The van der Waals surface area contributed by atoms with E-state index in [1.807, 2.05) is 0 Å². The van der Waals surface area contributed by atoms with Crippen molar-refractivity contribution < 1.29 is 41.1 Å². The van der Waals surface area contributed by atoms with Gasteiger partial charge >= 0.3 is 6.18 Å². The summed E-state index contributed by atoms with van der Waals surface area (Å²) in [6.07, 6.45) is -6.36. The summed E-state index contributed by atoms with van der Waals surface area (Å²) in [6, 6.07) is 1.38. The van der Waals surface area contributed by atoms with E-state index in [1.165, 1.54) is 12.1 Å². The number of rotatable bonds is 9. The van der Waals surface area contributed by atoms with Crippen molar-refractivity contribution in [2.24, 2.45) is 11.7 Å². The smallest absolute Gasteiger partial charge is 0.370 e. The molecule has 0 spiro atoms. The van der Waals surface area contributed by atoms with Crippen LogP contribution < -0.4 is 16.0 Å². The molecule has 3 amide bonds. The van der Waals surface area contributed by atoms with Crippen LogP contribution in [0.25, 0.3) is 0 Å². The number of primary amides is 1. The first-order chi connectivity index (χ1) is 15.5. The molecule has 13 heteroatoms. The van der Waals surface area contributed by atoms with E-state index in [-0.39, 0.29) is 43.6 Å². The molecule has 0 aromatic heterocycles. The van der Waals surface area contributed by atoms with Crippen molar-refractivity contribution in [1.29, 1.82) is 0 Å². The van der Waals surface area contributed by atoms with E-state index >= 15 is 0 Å². The molecule has 182 valence electrons. The number of halogens is 5. The summed E-state index contributed by atoms with van der Waals surface area (Å²) in [6.45, 7) is -1.73. The number of ether oxygens (including phenoxy) is 1. The van der Waals surface area contributed by atoms with Gasteiger partial charge in [0.05, 0.1) is 18.8 Å². The Morgan fingerprint density at radius 2 is 1.97 bits per heavy atom. The fraction of sp³-hybridized carbons (Fsp3) is 0.550. The highest BCUT2D eigenvalue weighted by Crippen LogP contribution is 2.34. The molecule has 1 atom stereocenters. The monoisotopic (exact) mass is 478 g/mol. The Hall–Kier alpha value is -2.80. The summed E-state index contributed by atoms with van der Waals surface area (Å²) >= 11 is 0. The maximum atomic E-state index is 13.7. The summed E-state index contributed by atoms with van der Waals surface area (Å²) in [5, 5.41) is 2.21. The van der Waals surface area contributed by atoms with Crippen LogP contribution >= 0.6 is 0 Å². The molecule has 1 aliphatic heterocycles. The summed E-state index contributed by atoms with van der Waals surface area (Å²) in [4.78, 5) is 38.4. The molecule has 1 aliphatic carbocycles. The van der Waals surface area contributed by atoms with E-state index in [1.54, 1.807) is 0 Å². The minimum Gasteiger partial charge on any atom is -0.370 e. The third-order valence-electron chi connectivity index (χ3n) is 5.26. The highest BCUT2D eigenvalue weighted by Gasteiger charge is 2.41. The fourth-order valence-corrected chi connectivity index (χ4v) is 3.63. The highest BCUT2D eigenvalue weighted by molar-refractivity contribution is 6.09. The molecule has 1 saturated heterocycles. The van der Waals surface area contributed by atoms with Gasteiger partial charge in [0, 0.05) is 24.3 Å². The number of hydrogen-bond acceptors (Lipinski definition) is 5. The van der Waals surface area contributed by atoms with E-state index in [9.17, 15) is 36.3 Å². The third-order valence-corrected chi connectivity index (χ3v) is 5.26. The van der Waals surface area contributed by atoms with Crippen molar-refractivity contribution in [1.82, 2.24) is 4.90 Å². The molecule has 3 N–H and O–H groups in total. The van der Waals surface area contributed by atoms with Gasteiger partial charge in [-0.1, -0.05) is 0 Å². The minimum atomic E-state index is -4.68. The van der Waals surface area contributed by atoms with Gasteiger partial charge in [-0.3, -0.25) is 19.3 Å². The number of nitrogens with one attached hydrogen (secondary N) is 1. The van der Waals surface area contributed by atoms with Crippen molar-refractivity contribution in [3.05, 3.63) is 23.8 Å². The number of anilines is 2. The van der Waals surface area contributed by atoms with Gasteiger partial charge in [0.1, 0.15) is 6.61 Å². The molecular formula is C20H23F5N4O4. The van der Waals surface area contributed by atoms with Crippen molar-refractivity contribution in [2.45, 2.75) is 31.5 Å². The van der Waals surface area contributed by atoms with Gasteiger partial charge in [-0.05, 0) is 37.0 Å². The average molecular weight is 478 g/mol. The van der Waals surface area contributed by atoms with Gasteiger partial charge in [-0.25, -0.2) is 8.78 Å². The number of carbonyl (C=O) groups excluding carboxylic acids is 3. The molecule has 8 nitrogen and oxygen atoms in total. The number of benzene rings is 1. The molecule has 1 aromatic rings. The molecule has 0 unspecified atom stereocenters. The summed E-state index contributed by atoms with van der Waals surface area (Å²) < 4.78 is 71.5. The lowest BCUT2D eigenvalue weighted by atomic mass is 10.1. The largest absolute Gasteiger partial charge is 0.401 e. The SMILES string of the molecule is NC(=O)[C@@H](C(=O)Nc1ccc(N2CCOCC2=O)c(C(F)F)c1)N(CC1CC1)CC(F)(F)F. The molecule has 1 saturated carbocycles. The molecule has 33 heavy (non-hydrogen) atoms. The molecule has 2 fully saturated rings. The van der Waals surface area contributed by atoms with Gasteiger partial charge in [0.2, 0.25) is 5.91 Å². The number of carbonyl (C=O) groups is 3. The lowest BCUT2D eigenvalue weighted by Crippen LogP contribution is -2.55. The van der Waals surface area contributed by atoms with Crippen LogP contribution in [0.5, 0.6) is 0 Å². The van der Waals surface area contributed by atoms with Crippen LogP contribution in [0.2, 0.25) is 0 Å². The first kappa shape index (κ1) is 24.8. The van der Waals surface area contributed by atoms with Crippen LogP contribution in [-0.4, -0.2) is 67.7 Å². The normalized spacial score (nSPS) is 18.0. The average Bonchev–Trinajstić information content (AvgIpc) is 3.51. The minimum absolute atomic E-state index is 0.0571. The number of amides is 3. The topological polar surface area (TPSA) is 105 Å². The second-order valence-corrected chi connectivity index (χ2v) is 7.95. The number of nitrogens with zero attached hydrogens (tertiary/aromatic N) is 2. The first-order valence-corrected chi connectivity index (χ1v) is 10.2. The van der Waals surface area contributed by atoms with E-state index in [4.69, 9.17) is 10.5 Å². The zero-order valence-corrected chi connectivity index (χ0v) is 17.4. The van der Waals surface area contributed by atoms with E-state index in [0.29, 0.717) is 17.7 Å². The number of morpholine rings is 1. The number of alkyl halides is 5. The maximum absolute atomic E-state index is 13.7. The van der Waals surface area contributed by atoms with Crippen LogP contribution in [0.1, 0.15) is 24.8 Å². The Bertz CT molecular complexity index is 907. The van der Waals surface area contributed by atoms with Crippen LogP contribution in [0.15, 0.2) is 18.2 Å². The van der Waals surface area contributed by atoms with Crippen molar-refractivity contribution >= 4 is 29.1 Å². The lowest BCUT2D eigenvalue weighted by Gasteiger charge is -2.30. The Labute approximate surface area is 185 Å². The van der Waals surface area contributed by atoms with Gasteiger partial charge in [0.25, 0.3) is 18.2 Å². The molecule has 2 aliphatic rings. The van der Waals surface area contributed by atoms with E-state index in [0.717, 1.165) is 11.0 Å². The predicted molar refractivity (Wildman–Crippen MR) is 107 cm³/mol. The summed E-state index contributed by atoms with van der Waals surface area (Å²) in [5.41, 5.74) is 4.42. The maximum Gasteiger partial charge on any atom is 0.401 e. The van der Waals surface area contributed by atoms with E-state index < -0.39 is 48.5 Å². The molecule has 0 radical (unpaired) electrons. The number of hydrogen-bond donors (Lipinski definition) is 2. The standard InChI is InChI=1S/C20H23F5N4O4/c21-17(22)13-7-12(3-4-14(13)29-5-6-33-9-15(29)30)27-19(32)16(18(26)31)28(8-11-1-2-11)10-20(23,24)25/h3-4,7,11,16-17H,1-2,5-6,8-10H2,(H2,26,31)(H,27,32)/t16-/m0/s1. The van der Waals surface area contributed by atoms with Crippen molar-refractivity contribution in [3.63, 3.8) is 0 Å². The lowest BCUT2D eigenvalue weighted by molar-refractivity contribution is -0.157. The fourth-order valence-electron chi connectivity index (χ4n) is 3.63. The quantitative estimate of drug-likeness (QED) is 0.418. The molecule has 0 bridgehead atoms. The van der Waals surface area contributed by atoms with Gasteiger partial charge in [0.15, 0.2) is 6.04 Å². The van der Waals surface area contributed by atoms with Gasteiger partial charge in [-0.15, -0.1) is 0 Å². The summed E-state index contributed by atoms with van der Waals surface area (Å²) in [7, 11) is 0. The van der Waals surface area contributed by atoms with Crippen molar-refractivity contribution in [3.8, 4) is 0 Å². The third kappa shape index (κ3) is 6.60. The second-order valence-electron chi connectivity index (χ2n) is 7.95. The zero-order valence-electron chi connectivity index (χ0n) is 17.4. The Morgan fingerprint density at radius 3 is 2.52 bits per heavy atom. The Kier molecular flexibility index (Phi) is 7.52. The molecular weight excluding hydrogens is 455 g/mol. The van der Waals surface area contributed by atoms with Crippen LogP contribution in [0.4, 0.5) is 33.3 Å². The van der Waals surface area contributed by atoms with E-state index in [2.05, 4.69) is 5.32 Å². The first-order valence-electron chi connectivity index (χ1n) is 10.2. The van der Waals surface area contributed by atoms with Gasteiger partial charge < -0.3 is 20.7 Å². The zero-order chi connectivity index (χ0) is 24.3. The second kappa shape index (κ2) is 10.00. The Morgan fingerprint density at radius 1 is 1.27 bits per heavy atom.